The minimum Gasteiger partial charge on any atom is -0.492 e. The van der Waals surface area contributed by atoms with Gasteiger partial charge in [-0.25, -0.2) is 17.5 Å². The Morgan fingerprint density at radius 2 is 2.20 bits per heavy atom. The number of sulfonamides is 1. The monoisotopic (exact) mass is 303 g/mol. The normalized spacial score (nSPS) is 18.9. The van der Waals surface area contributed by atoms with Gasteiger partial charge in [0.1, 0.15) is 0 Å². The molecule has 0 bridgehead atoms. The topological polar surface area (TPSA) is 111 Å². The second-order valence-electron chi connectivity index (χ2n) is 4.35. The summed E-state index contributed by atoms with van der Waals surface area (Å²) in [6.45, 7) is 0.201. The molecule has 1 atom stereocenters. The lowest BCUT2D eigenvalue weighted by Gasteiger charge is -2.13. The first-order valence-electron chi connectivity index (χ1n) is 5.75. The molecule has 1 saturated heterocycles. The van der Waals surface area contributed by atoms with Crippen LogP contribution < -0.4 is 20.5 Å². The molecule has 110 valence electrons. The van der Waals surface area contributed by atoms with E-state index in [0.29, 0.717) is 0 Å². The van der Waals surface area contributed by atoms with Crippen molar-refractivity contribution in [1.82, 2.24) is 10.0 Å². The minimum absolute atomic E-state index is 0.0490. The number of ether oxygens (including phenoxy) is 1. The van der Waals surface area contributed by atoms with E-state index in [1.807, 2.05) is 0 Å². The summed E-state index contributed by atoms with van der Waals surface area (Å²) in [6.07, 6.45) is 0.0490. The van der Waals surface area contributed by atoms with Gasteiger partial charge in [0.15, 0.2) is 11.6 Å². The Morgan fingerprint density at radius 3 is 2.70 bits per heavy atom. The largest absolute Gasteiger partial charge is 0.492 e. The zero-order valence-corrected chi connectivity index (χ0v) is 11.5. The van der Waals surface area contributed by atoms with Gasteiger partial charge in [-0.2, -0.15) is 0 Å². The molecule has 1 amide bonds. The van der Waals surface area contributed by atoms with Crippen molar-refractivity contribution in [3.8, 4) is 5.75 Å². The van der Waals surface area contributed by atoms with Crippen LogP contribution in [0.3, 0.4) is 0 Å². The average Bonchev–Trinajstić information content (AvgIpc) is 2.73. The molecule has 7 nitrogen and oxygen atoms in total. The third kappa shape index (κ3) is 2.83. The Bertz CT molecular complexity index is 624. The number of methoxy groups -OCH3 is 1. The maximum Gasteiger partial charge on any atom is 0.241 e. The third-order valence-electron chi connectivity index (χ3n) is 2.86. The zero-order valence-electron chi connectivity index (χ0n) is 10.6. The molecule has 1 heterocycles. The van der Waals surface area contributed by atoms with Crippen molar-refractivity contribution in [3.05, 3.63) is 17.9 Å². The minimum atomic E-state index is -3.95. The molecule has 0 aromatic heterocycles. The van der Waals surface area contributed by atoms with Crippen molar-refractivity contribution in [2.75, 3.05) is 19.4 Å². The maximum absolute atomic E-state index is 13.7. The molecule has 1 aliphatic rings. The van der Waals surface area contributed by atoms with Crippen LogP contribution in [0.15, 0.2) is 17.0 Å². The molecule has 0 spiro atoms. The molecule has 0 radical (unpaired) electrons. The summed E-state index contributed by atoms with van der Waals surface area (Å²) in [5, 5.41) is 2.50. The van der Waals surface area contributed by atoms with E-state index in [2.05, 4.69) is 10.0 Å². The van der Waals surface area contributed by atoms with Gasteiger partial charge in [0.05, 0.1) is 17.7 Å². The van der Waals surface area contributed by atoms with Gasteiger partial charge in [0, 0.05) is 19.0 Å². The van der Waals surface area contributed by atoms with Gasteiger partial charge in [0.25, 0.3) is 0 Å². The van der Waals surface area contributed by atoms with E-state index in [4.69, 9.17) is 10.5 Å². The summed E-state index contributed by atoms with van der Waals surface area (Å²) in [6, 6.07) is 1.37. The van der Waals surface area contributed by atoms with E-state index in [0.717, 1.165) is 12.1 Å². The molecular weight excluding hydrogens is 289 g/mol. The van der Waals surface area contributed by atoms with Gasteiger partial charge >= 0.3 is 0 Å². The van der Waals surface area contributed by atoms with E-state index >= 15 is 0 Å². The van der Waals surface area contributed by atoms with Crippen LogP contribution in [-0.4, -0.2) is 34.0 Å². The lowest BCUT2D eigenvalue weighted by molar-refractivity contribution is -0.119. The van der Waals surface area contributed by atoms with Crippen LogP contribution in [0.4, 0.5) is 10.1 Å². The molecular formula is C11H14FN3O4S. The number of carbonyl (C=O) groups is 1. The predicted octanol–water partition coefficient (Wildman–Crippen LogP) is -0.417. The van der Waals surface area contributed by atoms with E-state index in [1.165, 1.54) is 7.11 Å². The summed E-state index contributed by atoms with van der Waals surface area (Å²) in [4.78, 5) is 10.7. The van der Waals surface area contributed by atoms with Crippen LogP contribution in [-0.2, 0) is 14.8 Å². The van der Waals surface area contributed by atoms with Crippen LogP contribution in [0.1, 0.15) is 6.42 Å². The Morgan fingerprint density at radius 1 is 1.50 bits per heavy atom. The van der Waals surface area contributed by atoms with Gasteiger partial charge in [0.2, 0.25) is 15.9 Å². The van der Waals surface area contributed by atoms with Crippen molar-refractivity contribution < 1.29 is 22.3 Å². The lowest BCUT2D eigenvalue weighted by Crippen LogP contribution is -2.36. The first-order chi connectivity index (χ1) is 9.33. The van der Waals surface area contributed by atoms with Crippen LogP contribution >= 0.6 is 0 Å². The van der Waals surface area contributed by atoms with E-state index < -0.39 is 21.9 Å². The molecule has 2 rings (SSSR count). The van der Waals surface area contributed by atoms with E-state index in [1.54, 1.807) is 0 Å². The number of nitrogen functional groups attached to an aromatic ring is 1. The van der Waals surface area contributed by atoms with Gasteiger partial charge < -0.3 is 15.8 Å². The first-order valence-corrected chi connectivity index (χ1v) is 7.24. The second kappa shape index (κ2) is 5.25. The number of nitrogens with one attached hydrogen (secondary N) is 2. The van der Waals surface area contributed by atoms with Gasteiger partial charge in [-0.15, -0.1) is 0 Å². The van der Waals surface area contributed by atoms with Gasteiger partial charge in [-0.3, -0.25) is 4.79 Å². The molecule has 1 fully saturated rings. The Kier molecular flexibility index (Phi) is 3.82. The highest BCUT2D eigenvalue weighted by molar-refractivity contribution is 7.89. The number of rotatable bonds is 4. The number of benzene rings is 1. The fourth-order valence-electron chi connectivity index (χ4n) is 1.94. The molecule has 9 heteroatoms. The number of hydrogen-bond acceptors (Lipinski definition) is 5. The number of halogens is 1. The smallest absolute Gasteiger partial charge is 0.241 e. The summed E-state index contributed by atoms with van der Waals surface area (Å²) in [7, 11) is -2.72. The number of amides is 1. The molecule has 1 aliphatic heterocycles. The lowest BCUT2D eigenvalue weighted by atomic mass is 10.3. The summed E-state index contributed by atoms with van der Waals surface area (Å²) in [5.41, 5.74) is 5.42. The standard InChI is InChI=1S/C11H14FN3O4S/c1-19-11-8(12)3-7(4-9(11)13)20(17,18)15-6-2-10(16)14-5-6/h3-4,6,15H,2,5,13H2,1H3,(H,14,16). The SMILES string of the molecule is COc1c(N)cc(S(=O)(=O)NC2CNC(=O)C2)cc1F. The summed E-state index contributed by atoms with van der Waals surface area (Å²) >= 11 is 0. The quantitative estimate of drug-likeness (QED) is 0.655. The highest BCUT2D eigenvalue weighted by Gasteiger charge is 2.28. The highest BCUT2D eigenvalue weighted by atomic mass is 32.2. The fraction of sp³-hybridized carbons (Fsp3) is 0.364. The first kappa shape index (κ1) is 14.5. The van der Waals surface area contributed by atoms with E-state index in [-0.39, 0.29) is 35.2 Å². The van der Waals surface area contributed by atoms with Crippen LogP contribution in [0, 0.1) is 5.82 Å². The molecule has 1 unspecified atom stereocenters. The highest BCUT2D eigenvalue weighted by Crippen LogP contribution is 2.28. The number of anilines is 1. The van der Waals surface area contributed by atoms with Crippen LogP contribution in [0.25, 0.3) is 0 Å². The van der Waals surface area contributed by atoms with Crippen molar-refractivity contribution in [3.63, 3.8) is 0 Å². The van der Waals surface area contributed by atoms with Crippen LogP contribution in [0.2, 0.25) is 0 Å². The number of hydrogen-bond donors (Lipinski definition) is 3. The second-order valence-corrected chi connectivity index (χ2v) is 6.07. The molecule has 20 heavy (non-hydrogen) atoms. The Hall–Kier alpha value is -1.87. The summed E-state index contributed by atoms with van der Waals surface area (Å²) in [5.74, 6) is -1.31. The fourth-order valence-corrected chi connectivity index (χ4v) is 3.22. The maximum atomic E-state index is 13.7. The van der Waals surface area contributed by atoms with Crippen LogP contribution in [0.5, 0.6) is 5.75 Å². The average molecular weight is 303 g/mol. The van der Waals surface area contributed by atoms with Crippen molar-refractivity contribution in [2.24, 2.45) is 0 Å². The number of nitrogens with two attached hydrogens (primary N) is 1. The zero-order chi connectivity index (χ0) is 14.9. The van der Waals surface area contributed by atoms with Crippen molar-refractivity contribution >= 4 is 21.6 Å². The third-order valence-corrected chi connectivity index (χ3v) is 4.36. The van der Waals surface area contributed by atoms with Crippen molar-refractivity contribution in [1.29, 1.82) is 0 Å². The predicted molar refractivity (Wildman–Crippen MR) is 69.1 cm³/mol. The molecule has 4 N–H and O–H groups in total. The summed E-state index contributed by atoms with van der Waals surface area (Å²) < 4.78 is 44.9. The molecule has 1 aromatic rings. The molecule has 0 saturated carbocycles. The van der Waals surface area contributed by atoms with E-state index in [9.17, 15) is 17.6 Å². The van der Waals surface area contributed by atoms with Crippen molar-refractivity contribution in [2.45, 2.75) is 17.4 Å². The van der Waals surface area contributed by atoms with Gasteiger partial charge in [-0.1, -0.05) is 0 Å². The number of carbonyl (C=O) groups excluding carboxylic acids is 1. The molecule has 1 aromatic carbocycles. The van der Waals surface area contributed by atoms with Gasteiger partial charge in [-0.05, 0) is 12.1 Å². The Balaban J connectivity index is 2.28. The Labute approximate surface area is 115 Å². The molecule has 0 aliphatic carbocycles.